The molecule has 3 N–H and O–H groups in total. The zero-order valence-electron chi connectivity index (χ0n) is 12.0. The van der Waals surface area contributed by atoms with Crippen molar-refractivity contribution in [3.8, 4) is 0 Å². The number of rotatable bonds is 5. The Morgan fingerprint density at radius 1 is 1.12 bits per heavy atom. The van der Waals surface area contributed by atoms with E-state index in [1.165, 1.54) is 36.4 Å². The quantitative estimate of drug-likeness (QED) is 0.741. The van der Waals surface area contributed by atoms with Crippen molar-refractivity contribution < 1.29 is 18.0 Å². The minimum absolute atomic E-state index is 0.109. The van der Waals surface area contributed by atoms with Crippen LogP contribution in [0.3, 0.4) is 0 Å². The second-order valence-electron chi connectivity index (χ2n) is 4.88. The molecule has 7 nitrogen and oxygen atoms in total. The molecule has 24 heavy (non-hydrogen) atoms. The molecule has 0 aliphatic carbocycles. The van der Waals surface area contributed by atoms with Crippen LogP contribution in [-0.2, 0) is 4.79 Å². The van der Waals surface area contributed by atoms with Crippen molar-refractivity contribution in [3.63, 3.8) is 0 Å². The van der Waals surface area contributed by atoms with Crippen molar-refractivity contribution in [3.05, 3.63) is 53.6 Å². The van der Waals surface area contributed by atoms with E-state index in [1.807, 2.05) is 0 Å². The lowest BCUT2D eigenvalue weighted by atomic mass is 10.1. The fourth-order valence-electron chi connectivity index (χ4n) is 2.14. The van der Waals surface area contributed by atoms with E-state index >= 15 is 0 Å². The minimum atomic E-state index is -2.85. The van der Waals surface area contributed by atoms with E-state index < -0.39 is 30.0 Å². The largest absolute Gasteiger partial charge is 0.368 e. The molecule has 10 heteroatoms. The van der Waals surface area contributed by atoms with Crippen molar-refractivity contribution in [2.24, 2.45) is 5.73 Å². The predicted octanol–water partition coefficient (Wildman–Crippen LogP) is 1.84. The highest BCUT2D eigenvalue weighted by Crippen LogP contribution is 2.21. The summed E-state index contributed by atoms with van der Waals surface area (Å²) in [7, 11) is 0. The molecule has 3 aromatic rings. The van der Waals surface area contributed by atoms with Gasteiger partial charge in [-0.3, -0.25) is 4.79 Å². The third kappa shape index (κ3) is 2.98. The maximum Gasteiger partial charge on any atom is 0.299 e. The Kier molecular flexibility index (Phi) is 4.02. The summed E-state index contributed by atoms with van der Waals surface area (Å²) in [6.45, 7) is 0. The summed E-state index contributed by atoms with van der Waals surface area (Å²) >= 11 is 0. The number of anilines is 1. The van der Waals surface area contributed by atoms with Gasteiger partial charge in [0.05, 0.1) is 0 Å². The molecule has 2 heterocycles. The average molecular weight is 336 g/mol. The molecule has 1 amide bonds. The highest BCUT2D eigenvalue weighted by Gasteiger charge is 2.20. The number of carbonyl (C=O) groups is 1. The number of alkyl halides is 2. The van der Waals surface area contributed by atoms with Crippen LogP contribution in [0.5, 0.6) is 0 Å². The van der Waals surface area contributed by atoms with Crippen LogP contribution in [0, 0.1) is 5.82 Å². The molecule has 0 saturated carbocycles. The molecule has 0 aliphatic heterocycles. The maximum absolute atomic E-state index is 13.0. The Hall–Kier alpha value is -3.17. The zero-order chi connectivity index (χ0) is 17.3. The number of amides is 1. The van der Waals surface area contributed by atoms with Crippen LogP contribution in [0.1, 0.15) is 23.9 Å². The molecule has 0 bridgehead atoms. The highest BCUT2D eigenvalue weighted by molar-refractivity contribution is 5.84. The number of fused-ring (bicyclic) bond motifs is 1. The summed E-state index contributed by atoms with van der Waals surface area (Å²) in [6, 6.07) is 6.98. The maximum atomic E-state index is 13.0. The topological polar surface area (TPSA) is 98.2 Å². The van der Waals surface area contributed by atoms with Gasteiger partial charge in [-0.25, -0.2) is 13.2 Å². The molecule has 0 fully saturated rings. The van der Waals surface area contributed by atoms with E-state index in [2.05, 4.69) is 20.6 Å². The van der Waals surface area contributed by atoms with Gasteiger partial charge in [-0.15, -0.1) is 15.3 Å². The molecule has 0 saturated heterocycles. The van der Waals surface area contributed by atoms with Crippen LogP contribution >= 0.6 is 0 Å². The monoisotopic (exact) mass is 336 g/mol. The minimum Gasteiger partial charge on any atom is -0.368 e. The predicted molar refractivity (Wildman–Crippen MR) is 77.7 cm³/mol. The van der Waals surface area contributed by atoms with Crippen molar-refractivity contribution >= 4 is 17.4 Å². The summed E-state index contributed by atoms with van der Waals surface area (Å²) in [5, 5.41) is 13.6. The molecular weight excluding hydrogens is 325 g/mol. The number of hydrogen-bond acceptors (Lipinski definition) is 5. The van der Waals surface area contributed by atoms with Gasteiger partial charge in [-0.1, -0.05) is 12.1 Å². The number of nitrogens with one attached hydrogen (secondary N) is 1. The molecule has 1 atom stereocenters. The molecule has 0 radical (unpaired) electrons. The molecular formula is C14H11F3N6O. The van der Waals surface area contributed by atoms with Gasteiger partial charge in [-0.2, -0.15) is 4.52 Å². The van der Waals surface area contributed by atoms with Crippen LogP contribution in [0.25, 0.3) is 5.65 Å². The number of nitrogens with two attached hydrogens (primary N) is 1. The summed E-state index contributed by atoms with van der Waals surface area (Å²) < 4.78 is 39.6. The van der Waals surface area contributed by atoms with Crippen LogP contribution in [-0.4, -0.2) is 25.7 Å². The normalized spacial score (nSPS) is 12.5. The van der Waals surface area contributed by atoms with Gasteiger partial charge < -0.3 is 11.1 Å². The average Bonchev–Trinajstić information content (AvgIpc) is 2.96. The lowest BCUT2D eigenvalue weighted by Gasteiger charge is -2.16. The van der Waals surface area contributed by atoms with Crippen LogP contribution < -0.4 is 11.1 Å². The lowest BCUT2D eigenvalue weighted by Crippen LogP contribution is -2.28. The summed E-state index contributed by atoms with van der Waals surface area (Å²) in [4.78, 5) is 11.7. The zero-order valence-corrected chi connectivity index (χ0v) is 12.0. The van der Waals surface area contributed by atoms with Gasteiger partial charge in [0, 0.05) is 0 Å². The number of halogens is 3. The summed E-state index contributed by atoms with van der Waals surface area (Å²) in [5.41, 5.74) is 5.89. The smallest absolute Gasteiger partial charge is 0.299 e. The van der Waals surface area contributed by atoms with Crippen molar-refractivity contribution in [1.82, 2.24) is 19.8 Å². The first-order chi connectivity index (χ1) is 11.5. The Balaban J connectivity index is 1.95. The van der Waals surface area contributed by atoms with Gasteiger partial charge in [0.25, 0.3) is 6.43 Å². The molecule has 0 spiro atoms. The van der Waals surface area contributed by atoms with E-state index in [9.17, 15) is 18.0 Å². The molecule has 1 aromatic carbocycles. The number of primary amides is 1. The summed E-state index contributed by atoms with van der Waals surface area (Å²) in [5.74, 6) is -1.71. The third-order valence-electron chi connectivity index (χ3n) is 3.26. The van der Waals surface area contributed by atoms with Crippen LogP contribution in [0.15, 0.2) is 36.4 Å². The van der Waals surface area contributed by atoms with Gasteiger partial charge in [0.1, 0.15) is 17.7 Å². The van der Waals surface area contributed by atoms with Crippen molar-refractivity contribution in [2.45, 2.75) is 12.5 Å². The lowest BCUT2D eigenvalue weighted by molar-refractivity contribution is -0.118. The Morgan fingerprint density at radius 3 is 2.46 bits per heavy atom. The van der Waals surface area contributed by atoms with E-state index in [0.717, 1.165) is 4.52 Å². The molecule has 0 aliphatic rings. The second-order valence-corrected chi connectivity index (χ2v) is 4.88. The van der Waals surface area contributed by atoms with Gasteiger partial charge >= 0.3 is 0 Å². The standard InChI is InChI=1S/C14H11F3N6O/c15-8-3-1-7(2-4-8)11(13(18)24)19-9-5-6-10-20-21-14(12(16)17)23(10)22-9/h1-6,11-12H,(H2,18,24)(H,19,22). The Bertz CT molecular complexity index is 880. The van der Waals surface area contributed by atoms with Gasteiger partial charge in [-0.05, 0) is 29.8 Å². The fraction of sp³-hybridized carbons (Fsp3) is 0.143. The van der Waals surface area contributed by atoms with Gasteiger partial charge in [0.2, 0.25) is 11.7 Å². The second kappa shape index (κ2) is 6.14. The highest BCUT2D eigenvalue weighted by atomic mass is 19.3. The van der Waals surface area contributed by atoms with Crippen LogP contribution in [0.2, 0.25) is 0 Å². The molecule has 124 valence electrons. The number of carbonyl (C=O) groups excluding carboxylic acids is 1. The van der Waals surface area contributed by atoms with E-state index in [-0.39, 0.29) is 11.5 Å². The SMILES string of the molecule is NC(=O)C(Nc1ccc2nnc(C(F)F)n2n1)c1ccc(F)cc1. The third-order valence-corrected chi connectivity index (χ3v) is 3.26. The molecule has 1 unspecified atom stereocenters. The number of aromatic nitrogens is 4. The first-order valence-corrected chi connectivity index (χ1v) is 6.77. The van der Waals surface area contributed by atoms with E-state index in [0.29, 0.717) is 5.56 Å². The van der Waals surface area contributed by atoms with Crippen molar-refractivity contribution in [2.75, 3.05) is 5.32 Å². The first kappa shape index (κ1) is 15.7. The Labute approximate surface area is 133 Å². The molecule has 2 aromatic heterocycles. The Morgan fingerprint density at radius 2 is 1.83 bits per heavy atom. The fourth-order valence-corrected chi connectivity index (χ4v) is 2.14. The van der Waals surface area contributed by atoms with Crippen molar-refractivity contribution in [1.29, 1.82) is 0 Å². The number of hydrogen-bond donors (Lipinski definition) is 2. The first-order valence-electron chi connectivity index (χ1n) is 6.77. The number of nitrogens with zero attached hydrogens (tertiary/aromatic N) is 4. The summed E-state index contributed by atoms with van der Waals surface area (Å²) in [6.07, 6.45) is -2.85. The number of benzene rings is 1. The van der Waals surface area contributed by atoms with E-state index in [4.69, 9.17) is 5.73 Å². The van der Waals surface area contributed by atoms with Gasteiger partial charge in [0.15, 0.2) is 5.65 Å². The van der Waals surface area contributed by atoms with E-state index in [1.54, 1.807) is 0 Å². The van der Waals surface area contributed by atoms with Crippen LogP contribution in [0.4, 0.5) is 19.0 Å². The molecule has 3 rings (SSSR count).